The van der Waals surface area contributed by atoms with E-state index in [1.165, 1.54) is 31.2 Å². The van der Waals surface area contributed by atoms with Crippen LogP contribution in [0.2, 0.25) is 0 Å². The summed E-state index contributed by atoms with van der Waals surface area (Å²) in [5, 5.41) is 26.4. The number of hydrogen-bond acceptors (Lipinski definition) is 7. The molecule has 136 valence electrons. The fourth-order valence-electron chi connectivity index (χ4n) is 1.90. The number of anilines is 1. The van der Waals surface area contributed by atoms with Crippen molar-refractivity contribution in [3.8, 4) is 5.75 Å². The third-order valence-electron chi connectivity index (χ3n) is 3.08. The van der Waals surface area contributed by atoms with Crippen LogP contribution in [-0.4, -0.2) is 30.6 Å². The molecular weight excluding hydrogens is 364 g/mol. The number of rotatable bonds is 6. The molecule has 3 N–H and O–H groups in total. The number of benzene rings is 2. The van der Waals surface area contributed by atoms with E-state index in [4.69, 9.17) is 0 Å². The van der Waals surface area contributed by atoms with Gasteiger partial charge in [-0.2, -0.15) is 13.5 Å². The summed E-state index contributed by atoms with van der Waals surface area (Å²) >= 11 is 0. The standard InChI is InChI=1S/C15H14N4O6S/c1-10(20)17-12-2-5-14(6-3-12)26(24,25)18-16-9-11-8-13(19(22)23)4-7-15(11)21/h2-9,18,21H,1H3,(H,17,20)/b16-9-. The Kier molecular flexibility index (Phi) is 5.52. The predicted octanol–water partition coefficient (Wildman–Crippen LogP) is 1.57. The number of nitro groups is 1. The lowest BCUT2D eigenvalue weighted by molar-refractivity contribution is -0.384. The molecule has 0 radical (unpaired) electrons. The molecule has 0 fully saturated rings. The van der Waals surface area contributed by atoms with Crippen molar-refractivity contribution in [2.24, 2.45) is 5.10 Å². The first-order valence-corrected chi connectivity index (χ1v) is 8.57. The minimum atomic E-state index is -3.99. The summed E-state index contributed by atoms with van der Waals surface area (Å²) in [4.78, 5) is 22.8. The van der Waals surface area contributed by atoms with Gasteiger partial charge in [0.1, 0.15) is 5.75 Å². The Morgan fingerprint density at radius 2 is 1.88 bits per heavy atom. The number of nitrogens with zero attached hydrogens (tertiary/aromatic N) is 2. The van der Waals surface area contributed by atoms with E-state index in [1.807, 2.05) is 4.83 Å². The number of non-ortho nitro benzene ring substituents is 1. The second-order valence-corrected chi connectivity index (χ2v) is 6.72. The van der Waals surface area contributed by atoms with Gasteiger partial charge in [0.2, 0.25) is 5.91 Å². The van der Waals surface area contributed by atoms with Gasteiger partial charge in [0, 0.05) is 30.3 Å². The molecule has 0 bridgehead atoms. The number of phenolic OH excluding ortho intramolecular Hbond substituents is 1. The molecule has 0 spiro atoms. The van der Waals surface area contributed by atoms with Gasteiger partial charge in [-0.15, -0.1) is 0 Å². The number of nitro benzene ring substituents is 1. The first kappa shape index (κ1) is 18.9. The van der Waals surface area contributed by atoms with E-state index in [0.717, 1.165) is 24.4 Å². The second kappa shape index (κ2) is 7.61. The molecule has 0 aromatic heterocycles. The molecule has 0 heterocycles. The highest BCUT2D eigenvalue weighted by Crippen LogP contribution is 2.21. The molecule has 0 aliphatic rings. The zero-order chi connectivity index (χ0) is 19.3. The molecule has 26 heavy (non-hydrogen) atoms. The number of aromatic hydroxyl groups is 1. The summed E-state index contributed by atoms with van der Waals surface area (Å²) in [6.45, 7) is 1.32. The third kappa shape index (κ3) is 4.77. The van der Waals surface area contributed by atoms with Crippen molar-refractivity contribution in [3.05, 3.63) is 58.1 Å². The van der Waals surface area contributed by atoms with E-state index in [9.17, 15) is 28.4 Å². The fourth-order valence-corrected chi connectivity index (χ4v) is 2.69. The molecule has 0 unspecified atom stereocenters. The number of carbonyl (C=O) groups is 1. The average Bonchev–Trinajstić information content (AvgIpc) is 2.56. The van der Waals surface area contributed by atoms with Crippen molar-refractivity contribution in [1.82, 2.24) is 4.83 Å². The predicted molar refractivity (Wildman–Crippen MR) is 93.4 cm³/mol. The van der Waals surface area contributed by atoms with Gasteiger partial charge < -0.3 is 10.4 Å². The van der Waals surface area contributed by atoms with Crippen LogP contribution in [0.15, 0.2) is 52.5 Å². The number of amides is 1. The first-order valence-electron chi connectivity index (χ1n) is 7.09. The summed E-state index contributed by atoms with van der Waals surface area (Å²) in [7, 11) is -3.99. The highest BCUT2D eigenvalue weighted by molar-refractivity contribution is 7.89. The van der Waals surface area contributed by atoms with Crippen LogP contribution in [0.1, 0.15) is 12.5 Å². The van der Waals surface area contributed by atoms with Crippen molar-refractivity contribution in [3.63, 3.8) is 0 Å². The van der Waals surface area contributed by atoms with Gasteiger partial charge in [0.15, 0.2) is 0 Å². The van der Waals surface area contributed by atoms with Crippen molar-refractivity contribution < 1.29 is 23.2 Å². The van der Waals surface area contributed by atoms with Crippen LogP contribution < -0.4 is 10.1 Å². The van der Waals surface area contributed by atoms with Crippen molar-refractivity contribution in [2.45, 2.75) is 11.8 Å². The maximum absolute atomic E-state index is 12.1. The summed E-state index contributed by atoms with van der Waals surface area (Å²) in [6.07, 6.45) is 0.950. The molecule has 0 aliphatic heterocycles. The van der Waals surface area contributed by atoms with E-state index in [2.05, 4.69) is 10.4 Å². The molecule has 10 nitrogen and oxygen atoms in total. The van der Waals surface area contributed by atoms with Crippen LogP contribution in [0.5, 0.6) is 5.75 Å². The van der Waals surface area contributed by atoms with Gasteiger partial charge in [-0.1, -0.05) is 0 Å². The third-order valence-corrected chi connectivity index (χ3v) is 4.32. The van der Waals surface area contributed by atoms with Gasteiger partial charge >= 0.3 is 0 Å². The molecule has 0 atom stereocenters. The van der Waals surface area contributed by atoms with Crippen molar-refractivity contribution >= 4 is 33.5 Å². The number of nitrogens with one attached hydrogen (secondary N) is 2. The molecule has 1 amide bonds. The quantitative estimate of drug-likeness (QED) is 0.394. The maximum Gasteiger partial charge on any atom is 0.276 e. The smallest absolute Gasteiger partial charge is 0.276 e. The largest absolute Gasteiger partial charge is 0.507 e. The number of hydrazone groups is 1. The Balaban J connectivity index is 2.15. The zero-order valence-electron chi connectivity index (χ0n) is 13.4. The van der Waals surface area contributed by atoms with Crippen molar-refractivity contribution in [1.29, 1.82) is 0 Å². The number of phenols is 1. The number of sulfonamides is 1. The van der Waals surface area contributed by atoms with Crippen LogP contribution in [0.3, 0.4) is 0 Å². The van der Waals surface area contributed by atoms with E-state index in [1.54, 1.807) is 0 Å². The zero-order valence-corrected chi connectivity index (χ0v) is 14.2. The van der Waals surface area contributed by atoms with Crippen LogP contribution in [-0.2, 0) is 14.8 Å². The van der Waals surface area contributed by atoms with Crippen molar-refractivity contribution in [2.75, 3.05) is 5.32 Å². The van der Waals surface area contributed by atoms with E-state index in [-0.39, 0.29) is 27.8 Å². The molecule has 2 rings (SSSR count). The minimum absolute atomic E-state index is 0.0251. The number of hydrogen-bond donors (Lipinski definition) is 3. The molecule has 2 aromatic rings. The van der Waals surface area contributed by atoms with E-state index < -0.39 is 14.9 Å². The average molecular weight is 378 g/mol. The molecule has 11 heteroatoms. The fraction of sp³-hybridized carbons (Fsp3) is 0.0667. The Bertz CT molecular complexity index is 970. The van der Waals surface area contributed by atoms with Gasteiger partial charge in [-0.3, -0.25) is 14.9 Å². The highest BCUT2D eigenvalue weighted by atomic mass is 32.2. The van der Waals surface area contributed by atoms with Gasteiger partial charge in [0.25, 0.3) is 15.7 Å². The lowest BCUT2D eigenvalue weighted by Gasteiger charge is -2.05. The SMILES string of the molecule is CC(=O)Nc1ccc(S(=O)(=O)N/N=C\c2cc([N+](=O)[O-])ccc2O)cc1. The van der Waals surface area contributed by atoms with Gasteiger partial charge in [0.05, 0.1) is 16.0 Å². The topological polar surface area (TPSA) is 151 Å². The molecule has 0 saturated heterocycles. The Labute approximate surface area is 148 Å². The monoisotopic (exact) mass is 378 g/mol. The Morgan fingerprint density at radius 3 is 2.46 bits per heavy atom. The molecular formula is C15H14N4O6S. The summed E-state index contributed by atoms with van der Waals surface area (Å²) < 4.78 is 24.3. The van der Waals surface area contributed by atoms with Crippen LogP contribution in [0.4, 0.5) is 11.4 Å². The summed E-state index contributed by atoms with van der Waals surface area (Å²) in [6, 6.07) is 8.62. The second-order valence-electron chi connectivity index (χ2n) is 5.06. The minimum Gasteiger partial charge on any atom is -0.507 e. The lowest BCUT2D eigenvalue weighted by atomic mass is 10.2. The molecule has 0 aliphatic carbocycles. The lowest BCUT2D eigenvalue weighted by Crippen LogP contribution is -2.18. The van der Waals surface area contributed by atoms with Crippen LogP contribution in [0, 0.1) is 10.1 Å². The Hall–Kier alpha value is -3.47. The number of carbonyl (C=O) groups excluding carboxylic acids is 1. The highest BCUT2D eigenvalue weighted by Gasteiger charge is 2.13. The molecule has 0 saturated carbocycles. The summed E-state index contributed by atoms with van der Waals surface area (Å²) in [5.74, 6) is -0.585. The first-order chi connectivity index (χ1) is 12.2. The van der Waals surface area contributed by atoms with Gasteiger partial charge in [-0.25, -0.2) is 4.83 Å². The van der Waals surface area contributed by atoms with E-state index >= 15 is 0 Å². The summed E-state index contributed by atoms with van der Waals surface area (Å²) in [5.41, 5.74) is 0.130. The molecule has 2 aromatic carbocycles. The van der Waals surface area contributed by atoms with E-state index in [0.29, 0.717) is 5.69 Å². The normalized spacial score (nSPS) is 11.3. The van der Waals surface area contributed by atoms with Crippen LogP contribution in [0.25, 0.3) is 0 Å². The Morgan fingerprint density at radius 1 is 1.23 bits per heavy atom. The van der Waals surface area contributed by atoms with Gasteiger partial charge in [-0.05, 0) is 30.3 Å². The maximum atomic E-state index is 12.1. The van der Waals surface area contributed by atoms with Crippen LogP contribution >= 0.6 is 0 Å².